The van der Waals surface area contributed by atoms with E-state index in [4.69, 9.17) is 10.5 Å². The lowest BCUT2D eigenvalue weighted by Gasteiger charge is -2.11. The second-order valence-corrected chi connectivity index (χ2v) is 4.39. The van der Waals surface area contributed by atoms with E-state index in [0.717, 1.165) is 11.1 Å². The van der Waals surface area contributed by atoms with Crippen LogP contribution in [0.4, 0.5) is 0 Å². The van der Waals surface area contributed by atoms with Gasteiger partial charge in [0.2, 0.25) is 0 Å². The summed E-state index contributed by atoms with van der Waals surface area (Å²) in [6, 6.07) is 18.6. The van der Waals surface area contributed by atoms with Gasteiger partial charge in [-0.15, -0.1) is 0 Å². The van der Waals surface area contributed by atoms with Crippen LogP contribution in [-0.2, 0) is 22.6 Å². The Bertz CT molecular complexity index is 511. The zero-order chi connectivity index (χ0) is 15.5. The van der Waals surface area contributed by atoms with Gasteiger partial charge in [0.25, 0.3) is 0 Å². The van der Waals surface area contributed by atoms with Gasteiger partial charge in [0.15, 0.2) is 0 Å². The fourth-order valence-corrected chi connectivity index (χ4v) is 1.79. The smallest absolute Gasteiger partial charge is 0.323 e. The third-order valence-electron chi connectivity index (χ3n) is 2.83. The molecule has 2 aromatic rings. The van der Waals surface area contributed by atoms with Gasteiger partial charge in [0.05, 0.1) is 0 Å². The van der Waals surface area contributed by atoms with Gasteiger partial charge in [-0.1, -0.05) is 74.5 Å². The molecule has 1 atom stereocenters. The molecule has 21 heavy (non-hydrogen) atoms. The van der Waals surface area contributed by atoms with Gasteiger partial charge < -0.3 is 10.5 Å². The predicted molar refractivity (Wildman–Crippen MR) is 85.7 cm³/mol. The molecule has 0 saturated carbocycles. The van der Waals surface area contributed by atoms with Crippen LogP contribution in [0.1, 0.15) is 25.0 Å². The lowest BCUT2D eigenvalue weighted by atomic mass is 10.1. The van der Waals surface area contributed by atoms with Crippen molar-refractivity contribution in [3.8, 4) is 0 Å². The summed E-state index contributed by atoms with van der Waals surface area (Å²) >= 11 is 0. The summed E-state index contributed by atoms with van der Waals surface area (Å²) in [6.45, 7) is 4.27. The van der Waals surface area contributed by atoms with Crippen LogP contribution in [0.15, 0.2) is 60.7 Å². The summed E-state index contributed by atoms with van der Waals surface area (Å²) in [6.07, 6.45) is 0.495. The van der Waals surface area contributed by atoms with Crippen molar-refractivity contribution in [2.24, 2.45) is 5.73 Å². The van der Waals surface area contributed by atoms with Gasteiger partial charge >= 0.3 is 5.97 Å². The molecule has 0 heterocycles. The summed E-state index contributed by atoms with van der Waals surface area (Å²) in [5.74, 6) is -0.368. The van der Waals surface area contributed by atoms with E-state index >= 15 is 0 Å². The van der Waals surface area contributed by atoms with Crippen molar-refractivity contribution in [1.82, 2.24) is 0 Å². The first-order valence-electron chi connectivity index (χ1n) is 7.26. The quantitative estimate of drug-likeness (QED) is 0.857. The lowest BCUT2D eigenvalue weighted by Crippen LogP contribution is -2.34. The van der Waals surface area contributed by atoms with Crippen molar-refractivity contribution in [3.05, 3.63) is 71.8 Å². The van der Waals surface area contributed by atoms with Gasteiger partial charge in [0.1, 0.15) is 12.6 Å². The van der Waals surface area contributed by atoms with Crippen LogP contribution in [0, 0.1) is 0 Å². The van der Waals surface area contributed by atoms with Crippen LogP contribution in [0.25, 0.3) is 0 Å². The van der Waals surface area contributed by atoms with E-state index in [2.05, 4.69) is 0 Å². The summed E-state index contributed by atoms with van der Waals surface area (Å²) in [4.78, 5) is 11.8. The summed E-state index contributed by atoms with van der Waals surface area (Å²) < 4.78 is 5.20. The molecule has 112 valence electrons. The molecule has 0 amide bonds. The highest BCUT2D eigenvalue weighted by Crippen LogP contribution is 2.05. The lowest BCUT2D eigenvalue weighted by molar-refractivity contribution is -0.146. The molecule has 0 saturated heterocycles. The number of nitrogens with two attached hydrogens (primary N) is 1. The maximum absolute atomic E-state index is 11.8. The predicted octanol–water partition coefficient (Wildman–Crippen LogP) is 3.33. The van der Waals surface area contributed by atoms with Gasteiger partial charge in [-0.25, -0.2) is 0 Å². The standard InChI is InChI=1S/C16H17NO2.C2H6/c17-15(11-13-7-3-1-4-8-13)16(18)19-12-14-9-5-2-6-10-14;1-2/h1-10,15H,11-12,17H2;1-2H3/t15-;/m0./s1. The van der Waals surface area contributed by atoms with Crippen molar-refractivity contribution in [2.75, 3.05) is 0 Å². The molecular formula is C18H23NO2. The third-order valence-corrected chi connectivity index (χ3v) is 2.83. The Morgan fingerprint density at radius 3 is 1.95 bits per heavy atom. The van der Waals surface area contributed by atoms with Crippen molar-refractivity contribution >= 4 is 5.97 Å². The van der Waals surface area contributed by atoms with Crippen LogP contribution >= 0.6 is 0 Å². The Balaban J connectivity index is 0.00000106. The third kappa shape index (κ3) is 6.23. The van der Waals surface area contributed by atoms with Gasteiger partial charge in [-0.2, -0.15) is 0 Å². The zero-order valence-corrected chi connectivity index (χ0v) is 12.7. The minimum atomic E-state index is -0.619. The molecule has 0 radical (unpaired) electrons. The van der Waals surface area contributed by atoms with Gasteiger partial charge in [-0.05, 0) is 17.5 Å². The van der Waals surface area contributed by atoms with Crippen LogP contribution in [0.3, 0.4) is 0 Å². The number of carbonyl (C=O) groups is 1. The first-order chi connectivity index (χ1) is 10.3. The molecule has 0 unspecified atom stereocenters. The molecule has 0 aliphatic heterocycles. The summed E-state index contributed by atoms with van der Waals surface area (Å²) in [5.41, 5.74) is 7.83. The van der Waals surface area contributed by atoms with E-state index in [-0.39, 0.29) is 12.6 Å². The zero-order valence-electron chi connectivity index (χ0n) is 12.7. The molecule has 0 bridgehead atoms. The monoisotopic (exact) mass is 285 g/mol. The number of esters is 1. The van der Waals surface area contributed by atoms with Crippen molar-refractivity contribution in [2.45, 2.75) is 32.9 Å². The van der Waals surface area contributed by atoms with Crippen LogP contribution in [-0.4, -0.2) is 12.0 Å². The molecular weight excluding hydrogens is 262 g/mol. The highest BCUT2D eigenvalue weighted by atomic mass is 16.5. The average molecular weight is 285 g/mol. The maximum atomic E-state index is 11.8. The summed E-state index contributed by atoms with van der Waals surface area (Å²) in [5, 5.41) is 0. The largest absolute Gasteiger partial charge is 0.460 e. The molecule has 0 aromatic heterocycles. The number of hydrogen-bond acceptors (Lipinski definition) is 3. The number of ether oxygens (including phenoxy) is 1. The van der Waals surface area contributed by atoms with Crippen LogP contribution in [0.2, 0.25) is 0 Å². The highest BCUT2D eigenvalue weighted by molar-refractivity contribution is 5.75. The fraction of sp³-hybridized carbons (Fsp3) is 0.278. The minimum Gasteiger partial charge on any atom is -0.460 e. The molecule has 2 aromatic carbocycles. The fourth-order valence-electron chi connectivity index (χ4n) is 1.79. The van der Waals surface area contributed by atoms with E-state index in [1.165, 1.54) is 0 Å². The normalized spacial score (nSPS) is 11.0. The van der Waals surface area contributed by atoms with Crippen molar-refractivity contribution < 1.29 is 9.53 Å². The first-order valence-corrected chi connectivity index (χ1v) is 7.26. The number of carbonyl (C=O) groups excluding carboxylic acids is 1. The Kier molecular flexibility index (Phi) is 7.84. The van der Waals surface area contributed by atoms with Crippen molar-refractivity contribution in [1.29, 1.82) is 0 Å². The topological polar surface area (TPSA) is 52.3 Å². The van der Waals surface area contributed by atoms with E-state index in [1.54, 1.807) is 0 Å². The number of hydrogen-bond donors (Lipinski definition) is 1. The van der Waals surface area contributed by atoms with Crippen LogP contribution in [0.5, 0.6) is 0 Å². The molecule has 2 rings (SSSR count). The maximum Gasteiger partial charge on any atom is 0.323 e. The van der Waals surface area contributed by atoms with Crippen LogP contribution < -0.4 is 5.73 Å². The molecule has 3 heteroatoms. The second-order valence-electron chi connectivity index (χ2n) is 4.39. The van der Waals surface area contributed by atoms with Crippen molar-refractivity contribution in [3.63, 3.8) is 0 Å². The second kappa shape index (κ2) is 9.72. The van der Waals surface area contributed by atoms with E-state index < -0.39 is 6.04 Å². The summed E-state index contributed by atoms with van der Waals surface area (Å²) in [7, 11) is 0. The van der Waals surface area contributed by atoms with E-state index in [0.29, 0.717) is 6.42 Å². The molecule has 3 nitrogen and oxygen atoms in total. The SMILES string of the molecule is CC.N[C@@H](Cc1ccccc1)C(=O)OCc1ccccc1. The van der Waals surface area contributed by atoms with E-state index in [1.807, 2.05) is 74.5 Å². The highest BCUT2D eigenvalue weighted by Gasteiger charge is 2.15. The Morgan fingerprint density at radius 2 is 1.43 bits per heavy atom. The van der Waals surface area contributed by atoms with Gasteiger partial charge in [-0.3, -0.25) is 4.79 Å². The molecule has 2 N–H and O–H groups in total. The Morgan fingerprint density at radius 1 is 0.952 bits per heavy atom. The van der Waals surface area contributed by atoms with Gasteiger partial charge in [0, 0.05) is 0 Å². The van der Waals surface area contributed by atoms with E-state index in [9.17, 15) is 4.79 Å². The molecule has 0 aliphatic carbocycles. The number of benzene rings is 2. The Labute approximate surface area is 126 Å². The Hall–Kier alpha value is -2.13. The first kappa shape index (κ1) is 16.9. The number of rotatable bonds is 5. The molecule has 0 fully saturated rings. The minimum absolute atomic E-state index is 0.266. The molecule has 0 aliphatic rings. The molecule has 0 spiro atoms. The average Bonchev–Trinajstić information content (AvgIpc) is 2.56.